The van der Waals surface area contributed by atoms with Crippen molar-refractivity contribution in [3.63, 3.8) is 0 Å². The summed E-state index contributed by atoms with van der Waals surface area (Å²) in [6.45, 7) is 11.3. The molecule has 1 amide bonds. The van der Waals surface area contributed by atoms with Gasteiger partial charge in [0, 0.05) is 50.9 Å². The zero-order chi connectivity index (χ0) is 19.1. The fraction of sp³-hybridized carbons (Fsp3) is 0.667. The Kier molecular flexibility index (Phi) is 9.35. The van der Waals surface area contributed by atoms with Crippen molar-refractivity contribution < 1.29 is 14.3 Å². The largest absolute Gasteiger partial charge is 0.490 e. The monoisotopic (exact) mass is 411 g/mol. The summed E-state index contributed by atoms with van der Waals surface area (Å²) in [5.41, 5.74) is 0.686. The average Bonchev–Trinajstić information content (AvgIpc) is 3.21. The van der Waals surface area contributed by atoms with Gasteiger partial charge in [0.05, 0.1) is 13.2 Å². The molecule has 2 aliphatic rings. The lowest BCUT2D eigenvalue weighted by atomic mass is 10.1. The topological polar surface area (TPSA) is 54.0 Å². The molecule has 1 atom stereocenters. The van der Waals surface area contributed by atoms with Gasteiger partial charge in [-0.15, -0.1) is 12.4 Å². The first-order valence-electron chi connectivity index (χ1n) is 10.4. The van der Waals surface area contributed by atoms with Gasteiger partial charge in [-0.1, -0.05) is 13.8 Å². The lowest BCUT2D eigenvalue weighted by Crippen LogP contribution is -2.49. The molecule has 2 aliphatic heterocycles. The Labute approximate surface area is 175 Å². The number of nitrogens with one attached hydrogen (secondary N) is 1. The van der Waals surface area contributed by atoms with E-state index in [0.717, 1.165) is 64.3 Å². The van der Waals surface area contributed by atoms with E-state index in [4.69, 9.17) is 9.47 Å². The van der Waals surface area contributed by atoms with Crippen molar-refractivity contribution in [2.75, 3.05) is 52.5 Å². The Morgan fingerprint density at radius 2 is 1.75 bits per heavy atom. The molecule has 1 N–H and O–H groups in total. The fourth-order valence-corrected chi connectivity index (χ4v) is 3.75. The molecule has 0 radical (unpaired) electrons. The number of hydrogen-bond acceptors (Lipinski definition) is 5. The molecule has 158 valence electrons. The van der Waals surface area contributed by atoms with Gasteiger partial charge in [-0.25, -0.2) is 0 Å². The van der Waals surface area contributed by atoms with Crippen LogP contribution in [0.5, 0.6) is 11.5 Å². The Morgan fingerprint density at radius 3 is 2.43 bits per heavy atom. The molecule has 2 saturated heterocycles. The van der Waals surface area contributed by atoms with Crippen LogP contribution >= 0.6 is 12.4 Å². The van der Waals surface area contributed by atoms with Crippen molar-refractivity contribution in [3.05, 3.63) is 23.8 Å². The minimum Gasteiger partial charge on any atom is -0.490 e. The van der Waals surface area contributed by atoms with Gasteiger partial charge in [0.15, 0.2) is 11.5 Å². The number of benzene rings is 1. The number of rotatable bonds is 8. The molecule has 1 aromatic rings. The third-order valence-electron chi connectivity index (χ3n) is 5.23. The minimum absolute atomic E-state index is 0. The molecule has 0 aromatic heterocycles. The van der Waals surface area contributed by atoms with Gasteiger partial charge < -0.3 is 19.7 Å². The predicted molar refractivity (Wildman–Crippen MR) is 114 cm³/mol. The van der Waals surface area contributed by atoms with Crippen molar-refractivity contribution in [1.29, 1.82) is 0 Å². The Balaban J connectivity index is 0.00000280. The first kappa shape index (κ1) is 22.8. The highest BCUT2D eigenvalue weighted by Gasteiger charge is 2.31. The fourth-order valence-electron chi connectivity index (χ4n) is 3.75. The number of hydrogen-bond donors (Lipinski definition) is 1. The van der Waals surface area contributed by atoms with Crippen LogP contribution in [0.25, 0.3) is 0 Å². The van der Waals surface area contributed by atoms with Gasteiger partial charge in [0.25, 0.3) is 5.91 Å². The maximum atomic E-state index is 13.0. The lowest BCUT2D eigenvalue weighted by Gasteiger charge is -2.32. The van der Waals surface area contributed by atoms with E-state index in [0.29, 0.717) is 30.6 Å². The van der Waals surface area contributed by atoms with Crippen molar-refractivity contribution in [3.8, 4) is 11.5 Å². The second-order valence-electron chi connectivity index (χ2n) is 7.34. The van der Waals surface area contributed by atoms with Crippen molar-refractivity contribution >= 4 is 18.3 Å². The van der Waals surface area contributed by atoms with E-state index in [9.17, 15) is 4.79 Å². The summed E-state index contributed by atoms with van der Waals surface area (Å²) < 4.78 is 11.6. The van der Waals surface area contributed by atoms with E-state index >= 15 is 0 Å². The highest BCUT2D eigenvalue weighted by molar-refractivity contribution is 5.95. The molecule has 0 aliphatic carbocycles. The molecule has 2 fully saturated rings. The molecule has 0 bridgehead atoms. The number of nitrogens with zero attached hydrogens (tertiary/aromatic N) is 2. The van der Waals surface area contributed by atoms with Crippen LogP contribution in [0.15, 0.2) is 18.2 Å². The van der Waals surface area contributed by atoms with Crippen molar-refractivity contribution in [1.82, 2.24) is 15.1 Å². The zero-order valence-electron chi connectivity index (χ0n) is 17.1. The first-order valence-corrected chi connectivity index (χ1v) is 10.4. The van der Waals surface area contributed by atoms with E-state index in [1.165, 1.54) is 0 Å². The second-order valence-corrected chi connectivity index (χ2v) is 7.34. The van der Waals surface area contributed by atoms with Gasteiger partial charge in [-0.2, -0.15) is 0 Å². The van der Waals surface area contributed by atoms with E-state index in [2.05, 4.69) is 24.1 Å². The predicted octanol–water partition coefficient (Wildman–Crippen LogP) is 2.81. The van der Waals surface area contributed by atoms with Gasteiger partial charge in [0.2, 0.25) is 0 Å². The Bertz CT molecular complexity index is 623. The second kappa shape index (κ2) is 11.5. The van der Waals surface area contributed by atoms with Crippen LogP contribution in [-0.4, -0.2) is 74.2 Å². The summed E-state index contributed by atoms with van der Waals surface area (Å²) in [5.74, 6) is 1.49. The van der Waals surface area contributed by atoms with Crippen LogP contribution in [0.4, 0.5) is 0 Å². The maximum absolute atomic E-state index is 13.0. The normalized spacial score (nSPS) is 19.9. The molecule has 0 saturated carbocycles. The average molecular weight is 412 g/mol. The number of carbonyl (C=O) groups is 1. The smallest absolute Gasteiger partial charge is 0.254 e. The lowest BCUT2D eigenvalue weighted by molar-refractivity contribution is 0.0773. The standard InChI is InChI=1S/C21H33N3O3.ClH/c1-3-13-26-19-6-5-17(15-20(19)27-14-4-2)21(25)24-10-7-18(16-24)23-11-8-22-9-12-23;/h5-6,15,18,22H,3-4,7-14,16H2,1-2H3;1H. The summed E-state index contributed by atoms with van der Waals surface area (Å²) >= 11 is 0. The molecule has 28 heavy (non-hydrogen) atoms. The van der Waals surface area contributed by atoms with E-state index in [-0.39, 0.29) is 18.3 Å². The van der Waals surface area contributed by atoms with Crippen LogP contribution < -0.4 is 14.8 Å². The molecular weight excluding hydrogens is 378 g/mol. The number of ether oxygens (including phenoxy) is 2. The third kappa shape index (κ3) is 5.75. The number of likely N-dealkylation sites (tertiary alicyclic amines) is 1. The zero-order valence-corrected chi connectivity index (χ0v) is 17.9. The number of carbonyl (C=O) groups excluding carboxylic acids is 1. The maximum Gasteiger partial charge on any atom is 0.254 e. The Hall–Kier alpha value is -1.50. The summed E-state index contributed by atoms with van der Waals surface area (Å²) in [6, 6.07) is 6.07. The van der Waals surface area contributed by atoms with Crippen molar-refractivity contribution in [2.24, 2.45) is 0 Å². The highest BCUT2D eigenvalue weighted by atomic mass is 35.5. The summed E-state index contributed by atoms with van der Waals surface area (Å²) in [7, 11) is 0. The minimum atomic E-state index is 0. The first-order chi connectivity index (χ1) is 13.2. The molecule has 2 heterocycles. The number of halogens is 1. The van der Waals surface area contributed by atoms with Gasteiger partial charge in [0.1, 0.15) is 0 Å². The van der Waals surface area contributed by atoms with Gasteiger partial charge in [-0.05, 0) is 37.5 Å². The highest BCUT2D eigenvalue weighted by Crippen LogP contribution is 2.30. The SMILES string of the molecule is CCCOc1ccc(C(=O)N2CCC(N3CCNCC3)C2)cc1OCCC.Cl. The van der Waals surface area contributed by atoms with Crippen molar-refractivity contribution in [2.45, 2.75) is 39.2 Å². The van der Waals surface area contributed by atoms with Crippen LogP contribution in [0.2, 0.25) is 0 Å². The molecule has 7 heteroatoms. The quantitative estimate of drug-likeness (QED) is 0.712. The summed E-state index contributed by atoms with van der Waals surface area (Å²) in [6.07, 6.45) is 2.92. The molecular formula is C21H34ClN3O3. The third-order valence-corrected chi connectivity index (χ3v) is 5.23. The summed E-state index contributed by atoms with van der Waals surface area (Å²) in [4.78, 5) is 17.5. The number of amides is 1. The van der Waals surface area contributed by atoms with Gasteiger partial charge >= 0.3 is 0 Å². The van der Waals surface area contributed by atoms with E-state index in [1.54, 1.807) is 0 Å². The Morgan fingerprint density at radius 1 is 1.07 bits per heavy atom. The molecule has 1 aromatic carbocycles. The van der Waals surface area contributed by atoms with Crippen LogP contribution in [0.3, 0.4) is 0 Å². The molecule has 0 spiro atoms. The summed E-state index contributed by atoms with van der Waals surface area (Å²) in [5, 5.41) is 3.39. The van der Waals surface area contributed by atoms with E-state index < -0.39 is 0 Å². The van der Waals surface area contributed by atoms with Crippen LogP contribution in [0, 0.1) is 0 Å². The van der Waals surface area contributed by atoms with Gasteiger partial charge in [-0.3, -0.25) is 9.69 Å². The number of piperazine rings is 1. The molecule has 1 unspecified atom stereocenters. The molecule has 6 nitrogen and oxygen atoms in total. The van der Waals surface area contributed by atoms with Crippen LogP contribution in [-0.2, 0) is 0 Å². The van der Waals surface area contributed by atoms with E-state index in [1.807, 2.05) is 23.1 Å². The molecule has 3 rings (SSSR count). The van der Waals surface area contributed by atoms with Crippen LogP contribution in [0.1, 0.15) is 43.5 Å².